The molecule has 0 aromatic heterocycles. The molecule has 2 aromatic rings. The Morgan fingerprint density at radius 2 is 1.91 bits per heavy atom. The summed E-state index contributed by atoms with van der Waals surface area (Å²) in [4.78, 5) is 15.2. The number of morpholine rings is 1. The summed E-state index contributed by atoms with van der Waals surface area (Å²) in [5.41, 5.74) is 3.10. The molecular formula is C25H30FN3O4S. The molecule has 7 nitrogen and oxygen atoms in total. The van der Waals surface area contributed by atoms with Gasteiger partial charge in [-0.25, -0.2) is 17.5 Å². The Bertz CT molecular complexity index is 1220. The summed E-state index contributed by atoms with van der Waals surface area (Å²) < 4.78 is 46.8. The topological polar surface area (TPSA) is 87.7 Å². The number of nitrogens with one attached hydrogen (secondary N) is 2. The first-order valence-corrected chi connectivity index (χ1v) is 13.3. The average Bonchev–Trinajstić information content (AvgIpc) is 3.65. The van der Waals surface area contributed by atoms with Crippen LogP contribution in [0.5, 0.6) is 0 Å². The third-order valence-corrected chi connectivity index (χ3v) is 8.77. The third-order valence-electron chi connectivity index (χ3n) is 6.95. The number of carbonyl (C=O) groups excluding carboxylic acids is 1. The number of rotatable bonds is 5. The number of amides is 1. The van der Waals surface area contributed by atoms with E-state index in [4.69, 9.17) is 4.74 Å². The van der Waals surface area contributed by atoms with Gasteiger partial charge in [-0.3, -0.25) is 4.79 Å². The Kier molecular flexibility index (Phi) is 5.80. The van der Waals surface area contributed by atoms with Crippen molar-refractivity contribution in [2.45, 2.75) is 44.4 Å². The number of benzene rings is 2. The van der Waals surface area contributed by atoms with Gasteiger partial charge in [0.1, 0.15) is 5.82 Å². The largest absolute Gasteiger partial charge is 0.378 e. The van der Waals surface area contributed by atoms with Gasteiger partial charge in [0.15, 0.2) is 0 Å². The molecule has 5 rings (SSSR count). The van der Waals surface area contributed by atoms with Crippen molar-refractivity contribution in [2.24, 2.45) is 5.41 Å². The van der Waals surface area contributed by atoms with E-state index in [9.17, 15) is 17.6 Å². The van der Waals surface area contributed by atoms with E-state index in [-0.39, 0.29) is 17.0 Å². The van der Waals surface area contributed by atoms with Crippen molar-refractivity contribution < 1.29 is 22.3 Å². The summed E-state index contributed by atoms with van der Waals surface area (Å²) in [6.07, 6.45) is 1.58. The summed E-state index contributed by atoms with van der Waals surface area (Å²) in [7, 11) is -3.73. The maximum atomic E-state index is 14.6. The minimum atomic E-state index is -3.73. The van der Waals surface area contributed by atoms with E-state index in [1.807, 2.05) is 6.07 Å². The summed E-state index contributed by atoms with van der Waals surface area (Å²) in [6.45, 7) is 7.27. The lowest BCUT2D eigenvalue weighted by atomic mass is 9.72. The molecule has 1 atom stereocenters. The average molecular weight is 488 g/mol. The van der Waals surface area contributed by atoms with Crippen LogP contribution in [0.25, 0.3) is 0 Å². The normalized spacial score (nSPS) is 22.0. The molecule has 2 N–H and O–H groups in total. The second-order valence-electron chi connectivity index (χ2n) is 10.1. The van der Waals surface area contributed by atoms with E-state index in [0.29, 0.717) is 43.7 Å². The molecule has 34 heavy (non-hydrogen) atoms. The Hall–Kier alpha value is -2.65. The monoisotopic (exact) mass is 487 g/mol. The summed E-state index contributed by atoms with van der Waals surface area (Å²) in [6, 6.07) is 10.7. The Morgan fingerprint density at radius 3 is 2.62 bits per heavy atom. The van der Waals surface area contributed by atoms with E-state index < -0.39 is 27.0 Å². The fourth-order valence-electron chi connectivity index (χ4n) is 4.97. The Labute approximate surface area is 199 Å². The minimum absolute atomic E-state index is 0.0697. The van der Waals surface area contributed by atoms with Crippen LogP contribution < -0.4 is 14.9 Å². The third kappa shape index (κ3) is 4.51. The van der Waals surface area contributed by atoms with Crippen LogP contribution in [0.2, 0.25) is 0 Å². The van der Waals surface area contributed by atoms with Gasteiger partial charge < -0.3 is 15.0 Å². The van der Waals surface area contributed by atoms with Crippen LogP contribution in [0.3, 0.4) is 0 Å². The lowest BCUT2D eigenvalue weighted by Crippen LogP contribution is -2.39. The summed E-state index contributed by atoms with van der Waals surface area (Å²) in [5, 5.41) is 2.93. The predicted molar refractivity (Wildman–Crippen MR) is 129 cm³/mol. The van der Waals surface area contributed by atoms with Crippen LogP contribution in [-0.2, 0) is 21.2 Å². The maximum absolute atomic E-state index is 14.6. The number of halogens is 1. The van der Waals surface area contributed by atoms with E-state index in [2.05, 4.69) is 47.0 Å². The molecule has 0 spiro atoms. The molecule has 1 saturated carbocycles. The number of carbonyl (C=O) groups is 1. The van der Waals surface area contributed by atoms with Crippen molar-refractivity contribution in [1.29, 1.82) is 0 Å². The van der Waals surface area contributed by atoms with E-state index in [1.165, 1.54) is 6.07 Å². The zero-order valence-electron chi connectivity index (χ0n) is 19.4. The molecule has 2 aromatic carbocycles. The number of fused-ring (bicyclic) bond motifs is 1. The highest BCUT2D eigenvalue weighted by Crippen LogP contribution is 2.46. The standard InChI is InChI=1S/C25H30FN3O4S/c1-25(2)15-21-20(24(30)28-34(31,32)19-6-7-19)13-17(26)14-22(21)27-23(25)16-4-3-5-18(12-16)29-8-10-33-11-9-29/h3-5,12-14,19,23,27H,6-11,15H2,1-2H3,(H,28,30). The fraction of sp³-hybridized carbons (Fsp3) is 0.480. The number of sulfonamides is 1. The number of hydrogen-bond donors (Lipinski definition) is 2. The molecule has 9 heteroatoms. The van der Waals surface area contributed by atoms with Crippen molar-refractivity contribution in [1.82, 2.24) is 4.72 Å². The second kappa shape index (κ2) is 8.53. The first-order valence-electron chi connectivity index (χ1n) is 11.7. The molecular weight excluding hydrogens is 457 g/mol. The molecule has 182 valence electrons. The molecule has 3 aliphatic rings. The van der Waals surface area contributed by atoms with Gasteiger partial charge in [0, 0.05) is 30.0 Å². The first kappa shape index (κ1) is 23.1. The molecule has 0 bridgehead atoms. The van der Waals surface area contributed by atoms with E-state index in [0.717, 1.165) is 30.4 Å². The second-order valence-corrected chi connectivity index (χ2v) is 12.1. The number of nitrogens with zero attached hydrogens (tertiary/aromatic N) is 1. The first-order chi connectivity index (χ1) is 16.1. The fourth-order valence-corrected chi connectivity index (χ4v) is 6.26. The summed E-state index contributed by atoms with van der Waals surface area (Å²) >= 11 is 0. The van der Waals surface area contributed by atoms with Gasteiger partial charge in [-0.15, -0.1) is 0 Å². The van der Waals surface area contributed by atoms with Crippen LogP contribution in [0.1, 0.15) is 54.2 Å². The Morgan fingerprint density at radius 1 is 1.18 bits per heavy atom. The number of anilines is 2. The summed E-state index contributed by atoms with van der Waals surface area (Å²) in [5.74, 6) is -1.35. The molecule has 1 unspecified atom stereocenters. The van der Waals surface area contributed by atoms with Gasteiger partial charge in [0.2, 0.25) is 10.0 Å². The molecule has 1 saturated heterocycles. The maximum Gasteiger partial charge on any atom is 0.265 e. The molecule has 2 aliphatic heterocycles. The highest BCUT2D eigenvalue weighted by molar-refractivity contribution is 7.91. The van der Waals surface area contributed by atoms with Crippen LogP contribution >= 0.6 is 0 Å². The molecule has 0 radical (unpaired) electrons. The zero-order valence-corrected chi connectivity index (χ0v) is 20.3. The van der Waals surface area contributed by atoms with Crippen LogP contribution in [-0.4, -0.2) is 45.9 Å². The highest BCUT2D eigenvalue weighted by atomic mass is 32.2. The number of ether oxygens (including phenoxy) is 1. The van der Waals surface area contributed by atoms with E-state index in [1.54, 1.807) is 0 Å². The SMILES string of the molecule is CC1(C)Cc2c(cc(F)cc2C(=O)NS(=O)(=O)C2CC2)NC1c1cccc(N2CCOCC2)c1. The van der Waals surface area contributed by atoms with Gasteiger partial charge in [-0.2, -0.15) is 0 Å². The van der Waals surface area contributed by atoms with Crippen LogP contribution in [0.4, 0.5) is 15.8 Å². The van der Waals surface area contributed by atoms with Crippen molar-refractivity contribution in [2.75, 3.05) is 36.5 Å². The molecule has 2 heterocycles. The van der Waals surface area contributed by atoms with Gasteiger partial charge >= 0.3 is 0 Å². The predicted octanol–water partition coefficient (Wildman–Crippen LogP) is 3.62. The van der Waals surface area contributed by atoms with Crippen LogP contribution in [0, 0.1) is 11.2 Å². The lowest BCUT2D eigenvalue weighted by Gasteiger charge is -2.42. The zero-order chi connectivity index (χ0) is 24.1. The Balaban J connectivity index is 1.46. The quantitative estimate of drug-likeness (QED) is 0.670. The van der Waals surface area contributed by atoms with Crippen LogP contribution in [0.15, 0.2) is 36.4 Å². The van der Waals surface area contributed by atoms with Crippen molar-refractivity contribution in [3.63, 3.8) is 0 Å². The van der Waals surface area contributed by atoms with Gasteiger partial charge in [-0.05, 0) is 60.1 Å². The number of hydrogen-bond acceptors (Lipinski definition) is 6. The van der Waals surface area contributed by atoms with Crippen molar-refractivity contribution in [3.05, 3.63) is 58.9 Å². The minimum Gasteiger partial charge on any atom is -0.378 e. The molecule has 2 fully saturated rings. The van der Waals surface area contributed by atoms with Gasteiger partial charge in [-0.1, -0.05) is 26.0 Å². The highest BCUT2D eigenvalue weighted by Gasteiger charge is 2.40. The van der Waals surface area contributed by atoms with Gasteiger partial charge in [0.25, 0.3) is 5.91 Å². The van der Waals surface area contributed by atoms with Crippen molar-refractivity contribution in [3.8, 4) is 0 Å². The van der Waals surface area contributed by atoms with Crippen molar-refractivity contribution >= 4 is 27.3 Å². The molecule has 1 amide bonds. The molecule has 1 aliphatic carbocycles. The van der Waals surface area contributed by atoms with E-state index >= 15 is 0 Å². The smallest absolute Gasteiger partial charge is 0.265 e. The van der Waals surface area contributed by atoms with Gasteiger partial charge in [0.05, 0.1) is 24.5 Å². The lowest BCUT2D eigenvalue weighted by molar-refractivity contribution is 0.0979.